The number of nitriles is 1. The molecule has 0 saturated carbocycles. The number of hydrogen-bond donors (Lipinski definition) is 0. The van der Waals surface area contributed by atoms with Gasteiger partial charge in [0.1, 0.15) is 0 Å². The van der Waals surface area contributed by atoms with Gasteiger partial charge >= 0.3 is 0 Å². The second-order valence-electron chi connectivity index (χ2n) is 14.5. The lowest BCUT2D eigenvalue weighted by Crippen LogP contribution is -2.40. The summed E-state index contributed by atoms with van der Waals surface area (Å²) >= 11 is 0. The highest BCUT2D eigenvalue weighted by atomic mass is 14.5. The van der Waals surface area contributed by atoms with Crippen molar-refractivity contribution in [3.63, 3.8) is 0 Å². The fourth-order valence-electron chi connectivity index (χ4n) is 8.45. The van der Waals surface area contributed by atoms with E-state index in [-0.39, 0.29) is 10.8 Å². The van der Waals surface area contributed by atoms with Crippen LogP contribution in [0.1, 0.15) is 83.3 Å². The molecule has 0 heterocycles. The van der Waals surface area contributed by atoms with Crippen LogP contribution in [0.5, 0.6) is 0 Å². The monoisotopic (exact) mass is 697 g/mol. The van der Waals surface area contributed by atoms with Gasteiger partial charge in [0.2, 0.25) is 0 Å². The molecule has 0 fully saturated rings. The van der Waals surface area contributed by atoms with Gasteiger partial charge in [0.05, 0.1) is 17.0 Å². The maximum Gasteiger partial charge on any atom is 0.0991 e. The van der Waals surface area contributed by atoms with Crippen LogP contribution < -0.4 is 0 Å². The zero-order chi connectivity index (χ0) is 37.7. The molecule has 264 valence electrons. The summed E-state index contributed by atoms with van der Waals surface area (Å²) in [6.45, 7) is 10.8. The minimum atomic E-state index is -0.383. The molecule has 1 spiro atoms. The minimum absolute atomic E-state index is 0.104. The van der Waals surface area contributed by atoms with E-state index in [0.29, 0.717) is 5.56 Å². The van der Waals surface area contributed by atoms with Crippen LogP contribution in [-0.4, -0.2) is 0 Å². The summed E-state index contributed by atoms with van der Waals surface area (Å²) in [4.78, 5) is 0. The molecule has 9 rings (SSSR count). The number of fused-ring (bicyclic) bond motifs is 9. The van der Waals surface area contributed by atoms with E-state index in [2.05, 4.69) is 166 Å². The number of rotatable bonds is 4. The summed E-state index contributed by atoms with van der Waals surface area (Å²) in [7, 11) is 0. The van der Waals surface area contributed by atoms with Gasteiger partial charge in [0.15, 0.2) is 0 Å². The topological polar surface area (TPSA) is 23.8 Å². The Kier molecular flexibility index (Phi) is 10.3. The fourth-order valence-corrected chi connectivity index (χ4v) is 8.45. The van der Waals surface area contributed by atoms with E-state index in [4.69, 9.17) is 5.26 Å². The lowest BCUT2D eigenvalue weighted by atomic mass is 9.55. The van der Waals surface area contributed by atoms with Crippen LogP contribution in [0.3, 0.4) is 0 Å². The quantitative estimate of drug-likeness (QED) is 0.180. The van der Waals surface area contributed by atoms with Crippen molar-refractivity contribution in [2.24, 2.45) is 0 Å². The lowest BCUT2D eigenvalue weighted by molar-refractivity contribution is 0.563. The molecule has 54 heavy (non-hydrogen) atoms. The van der Waals surface area contributed by atoms with Crippen LogP contribution in [0.4, 0.5) is 0 Å². The van der Waals surface area contributed by atoms with Crippen LogP contribution in [0.15, 0.2) is 176 Å². The van der Waals surface area contributed by atoms with Crippen molar-refractivity contribution in [2.45, 2.75) is 51.9 Å². The molecule has 2 aliphatic rings. The molecule has 2 aliphatic carbocycles. The van der Waals surface area contributed by atoms with Crippen LogP contribution >= 0.6 is 0 Å². The van der Waals surface area contributed by atoms with E-state index in [9.17, 15) is 0 Å². The van der Waals surface area contributed by atoms with Gasteiger partial charge in [-0.1, -0.05) is 197 Å². The predicted molar refractivity (Wildman–Crippen MR) is 228 cm³/mol. The van der Waals surface area contributed by atoms with Gasteiger partial charge in [0, 0.05) is 5.41 Å². The first-order valence-corrected chi connectivity index (χ1v) is 19.1. The van der Waals surface area contributed by atoms with Crippen molar-refractivity contribution in [1.82, 2.24) is 0 Å². The first kappa shape index (κ1) is 36.1. The first-order chi connectivity index (χ1) is 26.4. The molecule has 0 bridgehead atoms. The summed E-state index contributed by atoms with van der Waals surface area (Å²) < 4.78 is 0. The summed E-state index contributed by atoms with van der Waals surface area (Å²) in [5.74, 6) is 0. The average Bonchev–Trinajstić information content (AvgIpc) is 3.52. The zero-order valence-corrected chi connectivity index (χ0v) is 32.0. The Balaban J connectivity index is 0.000000446. The lowest BCUT2D eigenvalue weighted by Gasteiger charge is -2.46. The Hall–Kier alpha value is -6.23. The Morgan fingerprint density at radius 2 is 1.07 bits per heavy atom. The molecular formula is C53H47N. The van der Waals surface area contributed by atoms with E-state index in [1.54, 1.807) is 0 Å². The summed E-state index contributed by atoms with van der Waals surface area (Å²) in [6.07, 6.45) is 5.17. The van der Waals surface area contributed by atoms with Gasteiger partial charge in [-0.3, -0.25) is 0 Å². The minimum Gasteiger partial charge on any atom is -0.192 e. The second-order valence-corrected chi connectivity index (χ2v) is 14.5. The summed E-state index contributed by atoms with van der Waals surface area (Å²) in [5, 5.41) is 9.08. The smallest absolute Gasteiger partial charge is 0.0991 e. The van der Waals surface area contributed by atoms with Crippen molar-refractivity contribution < 1.29 is 0 Å². The molecule has 0 aromatic heterocycles. The van der Waals surface area contributed by atoms with Crippen LogP contribution in [0, 0.1) is 18.3 Å². The highest BCUT2D eigenvalue weighted by Crippen LogP contribution is 2.62. The standard InChI is InChI=1S/C44H33N.C7H8.C2H6/c1-43(2)38-17-5-7-19-40(38)44(41-20-8-6-18-39(41)43)37-16-4-3-15-35(37)36-26-25-34(28-42(36)44)33-14-10-13-31(27-33)12-9-11-30-21-23-32(29-45)24-22-30;1-7-5-3-2-4-6-7;1-2/h3-11,13-28H,12H2,1-2H3;2-6H,1H3;1-2H3/b11-9+;;. The first-order valence-electron chi connectivity index (χ1n) is 19.1. The second kappa shape index (κ2) is 15.4. The number of allylic oxidation sites excluding steroid dienone is 1. The van der Waals surface area contributed by atoms with E-state index in [0.717, 1.165) is 12.0 Å². The molecule has 0 N–H and O–H groups in total. The van der Waals surface area contributed by atoms with Crippen LogP contribution in [0.2, 0.25) is 0 Å². The predicted octanol–water partition coefficient (Wildman–Crippen LogP) is 13.5. The zero-order valence-electron chi connectivity index (χ0n) is 32.0. The number of aryl methyl sites for hydroxylation is 1. The molecule has 0 aliphatic heterocycles. The molecule has 0 amide bonds. The third-order valence-electron chi connectivity index (χ3n) is 11.0. The third kappa shape index (κ3) is 6.40. The summed E-state index contributed by atoms with van der Waals surface area (Å²) in [5.41, 5.74) is 17.3. The van der Waals surface area contributed by atoms with Crippen LogP contribution in [0.25, 0.3) is 28.3 Å². The largest absolute Gasteiger partial charge is 0.192 e. The maximum absolute atomic E-state index is 9.08. The Morgan fingerprint density at radius 3 is 1.69 bits per heavy atom. The molecule has 1 nitrogen and oxygen atoms in total. The van der Waals surface area contributed by atoms with Crippen molar-refractivity contribution in [3.05, 3.63) is 232 Å². The number of hydrogen-bond acceptors (Lipinski definition) is 1. The normalized spacial score (nSPS) is 13.6. The van der Waals surface area contributed by atoms with Crippen LogP contribution in [-0.2, 0) is 17.3 Å². The van der Waals surface area contributed by atoms with Gasteiger partial charge in [-0.15, -0.1) is 0 Å². The van der Waals surface area contributed by atoms with Gasteiger partial charge < -0.3 is 0 Å². The molecule has 7 aromatic rings. The molecule has 0 atom stereocenters. The van der Waals surface area contributed by atoms with Crippen molar-refractivity contribution >= 4 is 6.08 Å². The van der Waals surface area contributed by atoms with E-state index < -0.39 is 0 Å². The van der Waals surface area contributed by atoms with Crippen molar-refractivity contribution in [2.75, 3.05) is 0 Å². The van der Waals surface area contributed by atoms with Gasteiger partial charge in [-0.05, 0) is 98.3 Å². The van der Waals surface area contributed by atoms with E-state index >= 15 is 0 Å². The number of nitrogens with zero attached hydrogens (tertiary/aromatic N) is 1. The molecule has 7 aromatic carbocycles. The Labute approximate surface area is 321 Å². The van der Waals surface area contributed by atoms with E-state index in [1.807, 2.05) is 56.3 Å². The maximum atomic E-state index is 9.08. The Bertz CT molecular complexity index is 2420. The fraction of sp³-hybridized carbons (Fsp3) is 0.151. The molecule has 0 unspecified atom stereocenters. The Morgan fingerprint density at radius 1 is 0.519 bits per heavy atom. The van der Waals surface area contributed by atoms with Crippen molar-refractivity contribution in [3.8, 4) is 28.3 Å². The molecule has 0 saturated heterocycles. The molecule has 0 radical (unpaired) electrons. The number of benzene rings is 7. The average molecular weight is 698 g/mol. The highest BCUT2D eigenvalue weighted by molar-refractivity contribution is 5.90. The SMILES string of the molecule is CC.CC1(C)c2ccccc2C2(c3ccccc3-c3ccc(-c4cccc(C/C=C/c5ccc(C#N)cc5)c4)cc32)c2ccccc21.Cc1ccccc1. The van der Waals surface area contributed by atoms with Crippen molar-refractivity contribution in [1.29, 1.82) is 5.26 Å². The molecule has 1 heteroatoms. The summed E-state index contributed by atoms with van der Waals surface area (Å²) in [6, 6.07) is 63.5. The molecular weight excluding hydrogens is 651 g/mol. The highest BCUT2D eigenvalue weighted by Gasteiger charge is 2.53. The third-order valence-corrected chi connectivity index (χ3v) is 11.0. The van der Waals surface area contributed by atoms with Gasteiger partial charge in [-0.2, -0.15) is 5.26 Å². The van der Waals surface area contributed by atoms with Gasteiger partial charge in [-0.25, -0.2) is 0 Å². The van der Waals surface area contributed by atoms with Gasteiger partial charge in [0.25, 0.3) is 0 Å². The van der Waals surface area contributed by atoms with E-state index in [1.165, 1.54) is 66.8 Å².